The maximum absolute atomic E-state index is 11.9. The summed E-state index contributed by atoms with van der Waals surface area (Å²) in [6.07, 6.45) is 1.32. The van der Waals surface area contributed by atoms with E-state index >= 15 is 0 Å². The summed E-state index contributed by atoms with van der Waals surface area (Å²) in [6, 6.07) is 8.96. The van der Waals surface area contributed by atoms with E-state index in [-0.39, 0.29) is 17.1 Å². The summed E-state index contributed by atoms with van der Waals surface area (Å²) in [4.78, 5) is 15.7. The van der Waals surface area contributed by atoms with Crippen molar-refractivity contribution in [1.82, 2.24) is 4.98 Å². The number of carbonyl (C=O) groups is 1. The maximum atomic E-state index is 11.9. The van der Waals surface area contributed by atoms with Crippen LogP contribution < -0.4 is 5.32 Å². The number of hydrogen-bond donors (Lipinski definition) is 3. The van der Waals surface area contributed by atoms with E-state index in [0.29, 0.717) is 5.56 Å². The Balaban J connectivity index is 2.21. The minimum atomic E-state index is -0.606. The van der Waals surface area contributed by atoms with Crippen LogP contribution in [0.1, 0.15) is 15.9 Å². The highest BCUT2D eigenvalue weighted by atomic mass is 16.3. The van der Waals surface area contributed by atoms with E-state index in [1.54, 1.807) is 0 Å². The number of nitriles is 1. The Hall–Kier alpha value is -3.07. The zero-order valence-electron chi connectivity index (χ0n) is 9.66. The average Bonchev–Trinajstić information content (AvgIpc) is 2.42. The van der Waals surface area contributed by atoms with Crippen LogP contribution in [0.15, 0.2) is 36.5 Å². The molecule has 1 heterocycles. The number of pyridine rings is 1. The molecule has 0 aliphatic carbocycles. The zero-order valence-corrected chi connectivity index (χ0v) is 9.66. The number of amides is 1. The third-order valence-corrected chi connectivity index (χ3v) is 2.39. The van der Waals surface area contributed by atoms with Gasteiger partial charge in [-0.1, -0.05) is 6.07 Å². The van der Waals surface area contributed by atoms with Crippen LogP contribution >= 0.6 is 0 Å². The van der Waals surface area contributed by atoms with Crippen molar-refractivity contribution in [3.63, 3.8) is 0 Å². The fraction of sp³-hybridized carbons (Fsp3) is 0. The third-order valence-electron chi connectivity index (χ3n) is 2.39. The topological polar surface area (TPSA) is 106 Å². The minimum absolute atomic E-state index is 0.0637. The molecule has 94 valence electrons. The van der Waals surface area contributed by atoms with Gasteiger partial charge in [-0.05, 0) is 24.3 Å². The smallest absolute Gasteiger partial charge is 0.260 e. The molecule has 0 aliphatic rings. The van der Waals surface area contributed by atoms with Crippen LogP contribution in [-0.2, 0) is 0 Å². The Labute approximate surface area is 108 Å². The first-order valence-corrected chi connectivity index (χ1v) is 5.30. The minimum Gasteiger partial charge on any atom is -0.504 e. The lowest BCUT2D eigenvalue weighted by Crippen LogP contribution is -2.13. The van der Waals surface area contributed by atoms with E-state index in [4.69, 9.17) is 5.26 Å². The van der Waals surface area contributed by atoms with Gasteiger partial charge in [0.1, 0.15) is 11.9 Å². The Bertz CT molecular complexity index is 660. The number of phenols is 2. The van der Waals surface area contributed by atoms with E-state index < -0.39 is 11.7 Å². The Kier molecular flexibility index (Phi) is 3.30. The van der Waals surface area contributed by atoms with Gasteiger partial charge in [0.25, 0.3) is 5.91 Å². The van der Waals surface area contributed by atoms with Crippen LogP contribution in [0.5, 0.6) is 11.5 Å². The quantitative estimate of drug-likeness (QED) is 0.707. The zero-order chi connectivity index (χ0) is 13.8. The van der Waals surface area contributed by atoms with E-state index in [2.05, 4.69) is 10.3 Å². The number of carbonyl (C=O) groups excluding carboxylic acids is 1. The van der Waals surface area contributed by atoms with Gasteiger partial charge in [0.2, 0.25) is 0 Å². The number of anilines is 1. The molecule has 6 heteroatoms. The molecule has 2 rings (SSSR count). The monoisotopic (exact) mass is 255 g/mol. The SMILES string of the molecule is N#Cc1ccc(NC(=O)c2cccc(O)c2O)nc1. The van der Waals surface area contributed by atoms with Crippen molar-refractivity contribution in [3.8, 4) is 17.6 Å². The lowest BCUT2D eigenvalue weighted by atomic mass is 10.1. The predicted molar refractivity (Wildman–Crippen MR) is 66.7 cm³/mol. The molecule has 3 N–H and O–H groups in total. The number of hydrogen-bond acceptors (Lipinski definition) is 5. The number of aromatic nitrogens is 1. The maximum Gasteiger partial charge on any atom is 0.260 e. The van der Waals surface area contributed by atoms with Crippen LogP contribution in [0, 0.1) is 11.3 Å². The number of phenolic OH excluding ortho intramolecular Hbond substituents is 2. The second-order valence-corrected chi connectivity index (χ2v) is 3.67. The van der Waals surface area contributed by atoms with Gasteiger partial charge in [-0.15, -0.1) is 0 Å². The van der Waals surface area contributed by atoms with Crippen molar-refractivity contribution in [2.24, 2.45) is 0 Å². The van der Waals surface area contributed by atoms with Gasteiger partial charge in [0, 0.05) is 6.20 Å². The molecule has 1 amide bonds. The van der Waals surface area contributed by atoms with Crippen molar-refractivity contribution in [3.05, 3.63) is 47.7 Å². The van der Waals surface area contributed by atoms with Crippen LogP contribution in [-0.4, -0.2) is 21.1 Å². The molecule has 19 heavy (non-hydrogen) atoms. The first kappa shape index (κ1) is 12.4. The molecule has 1 aromatic heterocycles. The third kappa shape index (κ3) is 2.61. The number of nitrogens with one attached hydrogen (secondary N) is 1. The molecule has 0 fully saturated rings. The molecular weight excluding hydrogens is 246 g/mol. The van der Waals surface area contributed by atoms with Crippen molar-refractivity contribution in [2.75, 3.05) is 5.32 Å². The van der Waals surface area contributed by atoms with E-state index in [1.165, 1.54) is 36.5 Å². The van der Waals surface area contributed by atoms with Crippen molar-refractivity contribution >= 4 is 11.7 Å². The second kappa shape index (κ2) is 5.06. The van der Waals surface area contributed by atoms with Gasteiger partial charge in [0.05, 0.1) is 11.1 Å². The number of aromatic hydroxyl groups is 2. The molecule has 1 aromatic carbocycles. The molecule has 6 nitrogen and oxygen atoms in total. The average molecular weight is 255 g/mol. The van der Waals surface area contributed by atoms with Gasteiger partial charge in [0.15, 0.2) is 11.5 Å². The summed E-state index contributed by atoms with van der Waals surface area (Å²) < 4.78 is 0. The normalized spacial score (nSPS) is 9.63. The van der Waals surface area contributed by atoms with Crippen LogP contribution in [0.25, 0.3) is 0 Å². The van der Waals surface area contributed by atoms with Gasteiger partial charge in [-0.3, -0.25) is 4.79 Å². The van der Waals surface area contributed by atoms with Gasteiger partial charge >= 0.3 is 0 Å². The van der Waals surface area contributed by atoms with Gasteiger partial charge in [-0.25, -0.2) is 4.98 Å². The first-order valence-electron chi connectivity index (χ1n) is 5.30. The lowest BCUT2D eigenvalue weighted by molar-refractivity contribution is 0.102. The summed E-state index contributed by atoms with van der Waals surface area (Å²) >= 11 is 0. The van der Waals surface area contributed by atoms with E-state index in [1.807, 2.05) is 6.07 Å². The fourth-order valence-corrected chi connectivity index (χ4v) is 1.43. The molecule has 2 aromatic rings. The Morgan fingerprint density at radius 1 is 1.26 bits per heavy atom. The molecular formula is C13H9N3O3. The fourth-order valence-electron chi connectivity index (χ4n) is 1.43. The highest BCUT2D eigenvalue weighted by Gasteiger charge is 2.14. The number of para-hydroxylation sites is 1. The molecule has 0 bridgehead atoms. The molecule has 0 aliphatic heterocycles. The predicted octanol–water partition coefficient (Wildman–Crippen LogP) is 1.62. The van der Waals surface area contributed by atoms with Crippen LogP contribution in [0.4, 0.5) is 5.82 Å². The van der Waals surface area contributed by atoms with Crippen molar-refractivity contribution in [1.29, 1.82) is 5.26 Å². The Morgan fingerprint density at radius 3 is 2.68 bits per heavy atom. The highest BCUT2D eigenvalue weighted by Crippen LogP contribution is 2.28. The molecule has 0 unspecified atom stereocenters. The Morgan fingerprint density at radius 2 is 2.05 bits per heavy atom. The van der Waals surface area contributed by atoms with E-state index in [9.17, 15) is 15.0 Å². The summed E-state index contributed by atoms with van der Waals surface area (Å²) in [5, 5.41) is 29.9. The second-order valence-electron chi connectivity index (χ2n) is 3.67. The van der Waals surface area contributed by atoms with Crippen LogP contribution in [0.2, 0.25) is 0 Å². The summed E-state index contributed by atoms with van der Waals surface area (Å²) in [5.74, 6) is -1.23. The lowest BCUT2D eigenvalue weighted by Gasteiger charge is -2.06. The number of rotatable bonds is 2. The highest BCUT2D eigenvalue weighted by molar-refractivity contribution is 6.06. The largest absolute Gasteiger partial charge is 0.504 e. The van der Waals surface area contributed by atoms with Gasteiger partial charge < -0.3 is 15.5 Å². The van der Waals surface area contributed by atoms with Crippen molar-refractivity contribution in [2.45, 2.75) is 0 Å². The molecule has 0 saturated heterocycles. The van der Waals surface area contributed by atoms with E-state index in [0.717, 1.165) is 0 Å². The summed E-state index contributed by atoms with van der Waals surface area (Å²) in [7, 11) is 0. The van der Waals surface area contributed by atoms with Gasteiger partial charge in [-0.2, -0.15) is 5.26 Å². The molecule has 0 radical (unpaired) electrons. The number of benzene rings is 1. The van der Waals surface area contributed by atoms with Crippen LogP contribution in [0.3, 0.4) is 0 Å². The first-order chi connectivity index (χ1) is 9.11. The molecule has 0 saturated carbocycles. The number of nitrogens with zero attached hydrogens (tertiary/aromatic N) is 2. The van der Waals surface area contributed by atoms with Crippen molar-refractivity contribution < 1.29 is 15.0 Å². The summed E-state index contributed by atoms with van der Waals surface area (Å²) in [6.45, 7) is 0. The molecule has 0 atom stereocenters. The molecule has 0 spiro atoms. The summed E-state index contributed by atoms with van der Waals surface area (Å²) in [5.41, 5.74) is 0.310. The standard InChI is InChI=1S/C13H9N3O3/c14-6-8-4-5-11(15-7-8)16-13(19)9-2-1-3-10(17)12(9)18/h1-5,7,17-18H,(H,15,16,19).